The molecule has 5 N–H and O–H groups in total. The van der Waals surface area contributed by atoms with E-state index in [1.165, 1.54) is 35.0 Å². The summed E-state index contributed by atoms with van der Waals surface area (Å²) in [6, 6.07) is 3.90. The number of rotatable bonds is 9. The fraction of sp³-hybridized carbons (Fsp3) is 0.350. The molecule has 2 aromatic heterocycles. The number of benzene rings is 1. The van der Waals surface area contributed by atoms with E-state index >= 15 is 4.39 Å². The summed E-state index contributed by atoms with van der Waals surface area (Å²) in [5.41, 5.74) is -0.290. The number of nitrogens with zero attached hydrogens (tertiary/aromatic N) is 3. The summed E-state index contributed by atoms with van der Waals surface area (Å²) in [4.78, 5) is 24.2. The minimum absolute atomic E-state index is 0.0381. The second-order valence-electron chi connectivity index (χ2n) is 7.58. The molecule has 1 fully saturated rings. The van der Waals surface area contributed by atoms with E-state index in [1.54, 1.807) is 0 Å². The Morgan fingerprint density at radius 1 is 1.24 bits per heavy atom. The number of aliphatic hydroxyl groups is 2. The third-order valence-corrected chi connectivity index (χ3v) is 6.84. The second kappa shape index (κ2) is 9.39. The second-order valence-corrected chi connectivity index (χ2v) is 9.25. The molecule has 1 unspecified atom stereocenters. The van der Waals surface area contributed by atoms with Gasteiger partial charge in [0.15, 0.2) is 11.6 Å². The lowest BCUT2D eigenvalue weighted by Crippen LogP contribution is -2.33. The number of fused-ring (bicyclic) bond motifs is 1. The topological polar surface area (TPSA) is 161 Å². The number of aliphatic hydroxyl groups excluding tert-OH is 2. The van der Waals surface area contributed by atoms with Crippen molar-refractivity contribution in [3.05, 3.63) is 47.7 Å². The predicted octanol–water partition coefficient (Wildman–Crippen LogP) is 0.846. The molecule has 1 aromatic carbocycles. The van der Waals surface area contributed by atoms with Crippen LogP contribution in [0.1, 0.15) is 28.8 Å². The molecule has 33 heavy (non-hydrogen) atoms. The number of halogens is 1. The average Bonchev–Trinajstić information content (AvgIpc) is 3.49. The van der Waals surface area contributed by atoms with Gasteiger partial charge in [-0.1, -0.05) is 6.07 Å². The third-order valence-electron chi connectivity index (χ3n) is 5.32. The van der Waals surface area contributed by atoms with Crippen molar-refractivity contribution in [2.45, 2.75) is 18.9 Å². The van der Waals surface area contributed by atoms with E-state index in [4.69, 9.17) is 5.11 Å². The molecule has 0 aliphatic carbocycles. The number of aromatic amines is 1. The summed E-state index contributed by atoms with van der Waals surface area (Å²) in [5, 5.41) is 21.7. The number of H-pyrrole nitrogens is 1. The molecule has 4 rings (SSSR count). The minimum atomic E-state index is -3.94. The summed E-state index contributed by atoms with van der Waals surface area (Å²) < 4.78 is 43.8. The van der Waals surface area contributed by atoms with Gasteiger partial charge in [0.1, 0.15) is 17.8 Å². The maximum absolute atomic E-state index is 15.2. The number of nitrogens with one attached hydrogen (secondary N) is 3. The van der Waals surface area contributed by atoms with Crippen molar-refractivity contribution in [2.24, 2.45) is 0 Å². The quantitative estimate of drug-likeness (QED) is 0.283. The summed E-state index contributed by atoms with van der Waals surface area (Å²) >= 11 is 0. The SMILES string of the molecule is O=C(c1cccc(NS(=O)(=O)N2CCCC2)c1F)c1c[nH]c2ncnc(NCC(O)CO)c12. The third kappa shape index (κ3) is 4.66. The largest absolute Gasteiger partial charge is 0.394 e. The fourth-order valence-electron chi connectivity index (χ4n) is 3.62. The molecular weight excluding hydrogens is 455 g/mol. The number of carbonyl (C=O) groups excluding carboxylic acids is 1. The van der Waals surface area contributed by atoms with Crippen LogP contribution in [0.4, 0.5) is 15.9 Å². The van der Waals surface area contributed by atoms with Gasteiger partial charge in [-0.3, -0.25) is 9.52 Å². The number of ketones is 1. The van der Waals surface area contributed by atoms with Gasteiger partial charge >= 0.3 is 10.2 Å². The summed E-state index contributed by atoms with van der Waals surface area (Å²) in [6.07, 6.45) is 3.02. The molecule has 0 amide bonds. The highest BCUT2D eigenvalue weighted by molar-refractivity contribution is 7.90. The number of anilines is 2. The number of aromatic nitrogens is 3. The van der Waals surface area contributed by atoms with Crippen LogP contribution in [0.3, 0.4) is 0 Å². The molecule has 1 aliphatic rings. The molecule has 3 aromatic rings. The standard InChI is InChI=1S/C20H23FN6O5S/c21-17-13(4-3-5-15(17)26-33(31,32)27-6-1-2-7-27)18(30)14-9-23-20-16(14)19(24-11-25-20)22-8-12(29)10-28/h3-5,9,11-12,26,28-29H,1-2,6-8,10H2,(H2,22,23,24,25). The predicted molar refractivity (Wildman–Crippen MR) is 119 cm³/mol. The van der Waals surface area contributed by atoms with E-state index in [2.05, 4.69) is 25.0 Å². The van der Waals surface area contributed by atoms with Gasteiger partial charge in [-0.2, -0.15) is 12.7 Å². The highest BCUT2D eigenvalue weighted by Crippen LogP contribution is 2.28. The van der Waals surface area contributed by atoms with Crippen LogP contribution in [0.25, 0.3) is 11.0 Å². The smallest absolute Gasteiger partial charge is 0.301 e. The molecule has 11 nitrogen and oxygen atoms in total. The molecular formula is C20H23FN6O5S. The zero-order chi connectivity index (χ0) is 23.6. The van der Waals surface area contributed by atoms with Crippen LogP contribution in [0, 0.1) is 5.82 Å². The Morgan fingerprint density at radius 2 is 2.00 bits per heavy atom. The molecule has 1 saturated heterocycles. The molecule has 13 heteroatoms. The van der Waals surface area contributed by atoms with Crippen LogP contribution in [0.15, 0.2) is 30.7 Å². The van der Waals surface area contributed by atoms with Crippen LogP contribution in [-0.2, 0) is 10.2 Å². The first-order chi connectivity index (χ1) is 15.8. The van der Waals surface area contributed by atoms with Crippen molar-refractivity contribution in [3.63, 3.8) is 0 Å². The zero-order valence-electron chi connectivity index (χ0n) is 17.5. The normalized spacial score (nSPS) is 15.6. The van der Waals surface area contributed by atoms with Crippen molar-refractivity contribution in [2.75, 3.05) is 36.3 Å². The van der Waals surface area contributed by atoms with Crippen molar-refractivity contribution >= 4 is 38.5 Å². The van der Waals surface area contributed by atoms with Crippen molar-refractivity contribution in [3.8, 4) is 0 Å². The van der Waals surface area contributed by atoms with E-state index in [1.807, 2.05) is 0 Å². The first-order valence-electron chi connectivity index (χ1n) is 10.3. The Balaban J connectivity index is 1.67. The van der Waals surface area contributed by atoms with E-state index in [0.717, 1.165) is 12.8 Å². The van der Waals surface area contributed by atoms with Crippen LogP contribution < -0.4 is 10.0 Å². The summed E-state index contributed by atoms with van der Waals surface area (Å²) in [7, 11) is -3.94. The maximum Gasteiger partial charge on any atom is 0.301 e. The van der Waals surface area contributed by atoms with Gasteiger partial charge in [-0.25, -0.2) is 14.4 Å². The van der Waals surface area contributed by atoms with Crippen molar-refractivity contribution in [1.82, 2.24) is 19.3 Å². The van der Waals surface area contributed by atoms with E-state index in [-0.39, 0.29) is 34.6 Å². The van der Waals surface area contributed by atoms with E-state index in [9.17, 15) is 18.3 Å². The van der Waals surface area contributed by atoms with Crippen molar-refractivity contribution in [1.29, 1.82) is 0 Å². The zero-order valence-corrected chi connectivity index (χ0v) is 18.3. The van der Waals surface area contributed by atoms with Crippen molar-refractivity contribution < 1.29 is 27.8 Å². The fourth-order valence-corrected chi connectivity index (χ4v) is 4.92. The van der Waals surface area contributed by atoms with Crippen LogP contribution in [-0.4, -0.2) is 76.0 Å². The molecule has 1 aliphatic heterocycles. The van der Waals surface area contributed by atoms with E-state index in [0.29, 0.717) is 18.7 Å². The van der Waals surface area contributed by atoms with Gasteiger partial charge in [-0.15, -0.1) is 0 Å². The van der Waals surface area contributed by atoms with Gasteiger partial charge in [0.2, 0.25) is 0 Å². The Morgan fingerprint density at radius 3 is 2.73 bits per heavy atom. The first kappa shape index (κ1) is 23.0. The van der Waals surface area contributed by atoms with Gasteiger partial charge in [0, 0.05) is 25.8 Å². The molecule has 0 bridgehead atoms. The van der Waals surface area contributed by atoms with Gasteiger partial charge in [-0.05, 0) is 25.0 Å². The minimum Gasteiger partial charge on any atom is -0.394 e. The van der Waals surface area contributed by atoms with Gasteiger partial charge < -0.3 is 20.5 Å². The maximum atomic E-state index is 15.2. The average molecular weight is 479 g/mol. The molecule has 1 atom stereocenters. The lowest BCUT2D eigenvalue weighted by Gasteiger charge is -2.17. The number of carbonyl (C=O) groups is 1. The Hall–Kier alpha value is -3.13. The number of hydrogen-bond donors (Lipinski definition) is 5. The monoisotopic (exact) mass is 478 g/mol. The van der Waals surface area contributed by atoms with Gasteiger partial charge in [0.05, 0.1) is 34.9 Å². The summed E-state index contributed by atoms with van der Waals surface area (Å²) in [6.45, 7) is 0.201. The Labute approximate surface area is 188 Å². The lowest BCUT2D eigenvalue weighted by atomic mass is 10.0. The molecule has 176 valence electrons. The molecule has 3 heterocycles. The number of hydrogen-bond acceptors (Lipinski definition) is 8. The van der Waals surface area contributed by atoms with Crippen LogP contribution in [0.2, 0.25) is 0 Å². The molecule has 0 saturated carbocycles. The molecule has 0 radical (unpaired) electrons. The lowest BCUT2D eigenvalue weighted by molar-refractivity contribution is 0.103. The Kier molecular flexibility index (Phi) is 6.56. The van der Waals surface area contributed by atoms with Crippen LogP contribution in [0.5, 0.6) is 0 Å². The highest BCUT2D eigenvalue weighted by Gasteiger charge is 2.28. The van der Waals surface area contributed by atoms with Crippen LogP contribution >= 0.6 is 0 Å². The summed E-state index contributed by atoms with van der Waals surface area (Å²) in [5.74, 6) is -1.49. The highest BCUT2D eigenvalue weighted by atomic mass is 32.2. The molecule has 0 spiro atoms. The van der Waals surface area contributed by atoms with Gasteiger partial charge in [0.25, 0.3) is 0 Å². The van der Waals surface area contributed by atoms with E-state index < -0.39 is 34.5 Å². The Bertz CT molecular complexity index is 1280. The first-order valence-corrected chi connectivity index (χ1v) is 11.7.